The summed E-state index contributed by atoms with van der Waals surface area (Å²) >= 11 is 0. The Morgan fingerprint density at radius 1 is 1.58 bits per heavy atom. The van der Waals surface area contributed by atoms with Gasteiger partial charge in [-0.05, 0) is 25.8 Å². The van der Waals surface area contributed by atoms with Crippen LogP contribution in [0, 0.1) is 0 Å². The molecule has 104 valence electrons. The predicted octanol–water partition coefficient (Wildman–Crippen LogP) is 2.66. The van der Waals surface area contributed by atoms with Crippen molar-refractivity contribution in [3.8, 4) is 0 Å². The number of aromatic nitrogens is 1. The summed E-state index contributed by atoms with van der Waals surface area (Å²) in [6.45, 7) is 7.15. The van der Waals surface area contributed by atoms with Crippen molar-refractivity contribution >= 4 is 11.6 Å². The zero-order chi connectivity index (χ0) is 13.8. The van der Waals surface area contributed by atoms with Crippen LogP contribution in [0.5, 0.6) is 0 Å². The van der Waals surface area contributed by atoms with Crippen molar-refractivity contribution in [2.45, 2.75) is 45.2 Å². The van der Waals surface area contributed by atoms with Gasteiger partial charge < -0.3 is 15.2 Å². The summed E-state index contributed by atoms with van der Waals surface area (Å²) in [5.74, 6) is 0.0744. The molecular formula is C15H23N3O. The van der Waals surface area contributed by atoms with Crippen molar-refractivity contribution in [1.29, 1.82) is 0 Å². The lowest BCUT2D eigenvalue weighted by Gasteiger charge is -2.28. The van der Waals surface area contributed by atoms with Gasteiger partial charge in [-0.1, -0.05) is 18.9 Å². The van der Waals surface area contributed by atoms with E-state index in [1.165, 1.54) is 12.8 Å². The zero-order valence-electron chi connectivity index (χ0n) is 11.6. The van der Waals surface area contributed by atoms with E-state index in [2.05, 4.69) is 6.58 Å². The molecule has 1 aromatic heterocycles. The maximum atomic E-state index is 12.7. The lowest BCUT2D eigenvalue weighted by molar-refractivity contribution is 0.0695. The Hall–Kier alpha value is -1.71. The van der Waals surface area contributed by atoms with Gasteiger partial charge in [0, 0.05) is 25.3 Å². The van der Waals surface area contributed by atoms with Crippen LogP contribution in [0.1, 0.15) is 43.1 Å². The second-order valence-electron chi connectivity index (χ2n) is 5.13. The van der Waals surface area contributed by atoms with Crippen LogP contribution in [0.4, 0.5) is 5.69 Å². The van der Waals surface area contributed by atoms with E-state index < -0.39 is 0 Å². The molecule has 0 spiro atoms. The van der Waals surface area contributed by atoms with Crippen LogP contribution in [0.25, 0.3) is 0 Å². The number of nitrogens with zero attached hydrogens (tertiary/aromatic N) is 2. The van der Waals surface area contributed by atoms with E-state index in [9.17, 15) is 4.79 Å². The second-order valence-corrected chi connectivity index (χ2v) is 5.13. The first-order valence-electron chi connectivity index (χ1n) is 7.04. The molecule has 0 bridgehead atoms. The van der Waals surface area contributed by atoms with Crippen molar-refractivity contribution in [2.24, 2.45) is 0 Å². The average Bonchev–Trinajstić information content (AvgIpc) is 3.04. The van der Waals surface area contributed by atoms with Crippen LogP contribution in [-0.2, 0) is 6.54 Å². The number of nitrogen functional groups attached to an aromatic ring is 1. The van der Waals surface area contributed by atoms with Crippen LogP contribution in [0.2, 0.25) is 0 Å². The van der Waals surface area contributed by atoms with Gasteiger partial charge in [-0.15, -0.1) is 6.58 Å². The van der Waals surface area contributed by atoms with Crippen molar-refractivity contribution in [3.63, 3.8) is 0 Å². The van der Waals surface area contributed by atoms with Gasteiger partial charge in [-0.25, -0.2) is 0 Å². The van der Waals surface area contributed by atoms with Gasteiger partial charge in [0.1, 0.15) is 5.69 Å². The molecule has 2 rings (SSSR count). The Balaban J connectivity index is 2.24. The minimum absolute atomic E-state index is 0.0744. The number of carbonyl (C=O) groups excluding carboxylic acids is 1. The van der Waals surface area contributed by atoms with Gasteiger partial charge in [-0.3, -0.25) is 4.79 Å². The molecule has 2 N–H and O–H groups in total. The highest BCUT2D eigenvalue weighted by molar-refractivity contribution is 5.94. The molecule has 0 unspecified atom stereocenters. The summed E-state index contributed by atoms with van der Waals surface area (Å²) in [5.41, 5.74) is 7.15. The zero-order valence-corrected chi connectivity index (χ0v) is 11.6. The predicted molar refractivity (Wildman–Crippen MR) is 78.0 cm³/mol. The molecule has 1 saturated carbocycles. The van der Waals surface area contributed by atoms with Gasteiger partial charge in [-0.2, -0.15) is 0 Å². The van der Waals surface area contributed by atoms with Crippen LogP contribution < -0.4 is 5.73 Å². The molecule has 1 aromatic rings. The van der Waals surface area contributed by atoms with E-state index in [0.717, 1.165) is 19.4 Å². The molecule has 1 amide bonds. The summed E-state index contributed by atoms with van der Waals surface area (Å²) < 4.78 is 1.92. The van der Waals surface area contributed by atoms with E-state index in [0.29, 0.717) is 24.0 Å². The molecule has 0 aromatic carbocycles. The highest BCUT2D eigenvalue weighted by atomic mass is 16.2. The van der Waals surface area contributed by atoms with E-state index in [1.807, 2.05) is 22.6 Å². The SMILES string of the molecule is C=CCN(C(=O)c1cc(N)cn1CC)C1CCCC1. The Morgan fingerprint density at radius 3 is 2.84 bits per heavy atom. The minimum atomic E-state index is 0.0744. The Labute approximate surface area is 114 Å². The summed E-state index contributed by atoms with van der Waals surface area (Å²) in [6.07, 6.45) is 8.25. The summed E-state index contributed by atoms with van der Waals surface area (Å²) in [6, 6.07) is 2.13. The molecule has 1 fully saturated rings. The van der Waals surface area contributed by atoms with Crippen molar-refractivity contribution in [1.82, 2.24) is 9.47 Å². The maximum absolute atomic E-state index is 12.7. The number of rotatable bonds is 5. The first-order valence-corrected chi connectivity index (χ1v) is 7.04. The number of carbonyl (C=O) groups is 1. The fourth-order valence-electron chi connectivity index (χ4n) is 2.87. The van der Waals surface area contributed by atoms with Gasteiger partial charge in [0.2, 0.25) is 0 Å². The fourth-order valence-corrected chi connectivity index (χ4v) is 2.87. The van der Waals surface area contributed by atoms with E-state index in [1.54, 1.807) is 12.1 Å². The van der Waals surface area contributed by atoms with Crippen molar-refractivity contribution in [2.75, 3.05) is 12.3 Å². The maximum Gasteiger partial charge on any atom is 0.271 e. The number of hydrogen-bond acceptors (Lipinski definition) is 2. The third kappa shape index (κ3) is 2.83. The number of nitrogens with two attached hydrogens (primary N) is 1. The van der Waals surface area contributed by atoms with Crippen LogP contribution in [-0.4, -0.2) is 28.0 Å². The minimum Gasteiger partial charge on any atom is -0.397 e. The lowest BCUT2D eigenvalue weighted by Crippen LogP contribution is -2.39. The third-order valence-corrected chi connectivity index (χ3v) is 3.83. The van der Waals surface area contributed by atoms with Crippen LogP contribution in [0.15, 0.2) is 24.9 Å². The Kier molecular flexibility index (Phi) is 4.30. The van der Waals surface area contributed by atoms with Gasteiger partial charge >= 0.3 is 0 Å². The van der Waals surface area contributed by atoms with Crippen molar-refractivity contribution < 1.29 is 4.79 Å². The Morgan fingerprint density at radius 2 is 2.26 bits per heavy atom. The molecule has 4 heteroatoms. The quantitative estimate of drug-likeness (QED) is 0.828. The van der Waals surface area contributed by atoms with Gasteiger partial charge in [0.05, 0.1) is 5.69 Å². The Bertz CT molecular complexity index is 458. The monoisotopic (exact) mass is 261 g/mol. The number of amides is 1. The molecule has 0 radical (unpaired) electrons. The molecule has 0 aliphatic heterocycles. The van der Waals surface area contributed by atoms with E-state index >= 15 is 0 Å². The average molecular weight is 261 g/mol. The van der Waals surface area contributed by atoms with Crippen molar-refractivity contribution in [3.05, 3.63) is 30.6 Å². The third-order valence-electron chi connectivity index (χ3n) is 3.83. The number of anilines is 1. The smallest absolute Gasteiger partial charge is 0.271 e. The highest BCUT2D eigenvalue weighted by Crippen LogP contribution is 2.25. The molecule has 1 heterocycles. The molecule has 0 atom stereocenters. The van der Waals surface area contributed by atoms with E-state index in [-0.39, 0.29) is 5.91 Å². The molecule has 0 saturated heterocycles. The van der Waals surface area contributed by atoms with Crippen LogP contribution >= 0.6 is 0 Å². The normalized spacial score (nSPS) is 15.6. The first kappa shape index (κ1) is 13.7. The fraction of sp³-hybridized carbons (Fsp3) is 0.533. The molecule has 1 aliphatic rings. The van der Waals surface area contributed by atoms with Gasteiger partial charge in [0.15, 0.2) is 0 Å². The summed E-state index contributed by atoms with van der Waals surface area (Å²) in [5, 5.41) is 0. The molecule has 19 heavy (non-hydrogen) atoms. The first-order chi connectivity index (χ1) is 9.17. The van der Waals surface area contributed by atoms with Crippen LogP contribution in [0.3, 0.4) is 0 Å². The molecular weight excluding hydrogens is 238 g/mol. The molecule has 4 nitrogen and oxygen atoms in total. The summed E-state index contributed by atoms with van der Waals surface area (Å²) in [4.78, 5) is 14.7. The topological polar surface area (TPSA) is 51.3 Å². The second kappa shape index (κ2) is 5.95. The van der Waals surface area contributed by atoms with E-state index in [4.69, 9.17) is 5.73 Å². The summed E-state index contributed by atoms with van der Waals surface area (Å²) in [7, 11) is 0. The molecule has 1 aliphatic carbocycles. The highest BCUT2D eigenvalue weighted by Gasteiger charge is 2.28. The largest absolute Gasteiger partial charge is 0.397 e. The number of aryl methyl sites for hydroxylation is 1. The lowest BCUT2D eigenvalue weighted by atomic mass is 10.2. The van der Waals surface area contributed by atoms with Gasteiger partial charge in [0.25, 0.3) is 5.91 Å². The standard InChI is InChI=1S/C15H23N3O/c1-3-9-18(13-7-5-6-8-13)15(19)14-10-12(16)11-17(14)4-2/h3,10-11,13H,1,4-9,16H2,2H3. The number of hydrogen-bond donors (Lipinski definition) is 1.